The lowest BCUT2D eigenvalue weighted by Gasteiger charge is -2.10. The van der Waals surface area contributed by atoms with E-state index in [4.69, 9.17) is 5.73 Å². The van der Waals surface area contributed by atoms with Crippen LogP contribution in [0.1, 0.15) is 16.1 Å². The second kappa shape index (κ2) is 5.44. The zero-order chi connectivity index (χ0) is 15.7. The fourth-order valence-corrected chi connectivity index (χ4v) is 2.31. The molecule has 5 heteroatoms. The Morgan fingerprint density at radius 1 is 1.14 bits per heavy atom. The molecule has 110 valence electrons. The minimum atomic E-state index is -0.494. The lowest BCUT2D eigenvalue weighted by molar-refractivity contribution is 0.102. The fourth-order valence-electron chi connectivity index (χ4n) is 2.31. The van der Waals surface area contributed by atoms with Crippen LogP contribution in [0.4, 0.5) is 15.8 Å². The van der Waals surface area contributed by atoms with Crippen LogP contribution in [0.2, 0.25) is 0 Å². The maximum Gasteiger partial charge on any atom is 0.274 e. The first-order valence-electron chi connectivity index (χ1n) is 6.77. The van der Waals surface area contributed by atoms with Crippen molar-refractivity contribution < 1.29 is 9.18 Å². The Bertz CT molecular complexity index is 877. The van der Waals surface area contributed by atoms with Gasteiger partial charge in [-0.3, -0.25) is 9.78 Å². The molecule has 0 saturated heterocycles. The SMILES string of the molecule is Cc1ccc2c(C(=O)Nc3ccccc3F)nccc2c1N. The maximum absolute atomic E-state index is 13.6. The molecule has 0 atom stereocenters. The first-order valence-corrected chi connectivity index (χ1v) is 6.77. The molecule has 0 radical (unpaired) electrons. The number of carbonyl (C=O) groups excluding carboxylic acids is 1. The van der Waals surface area contributed by atoms with Crippen LogP contribution in [0.15, 0.2) is 48.7 Å². The van der Waals surface area contributed by atoms with Crippen molar-refractivity contribution in [1.29, 1.82) is 0 Å². The van der Waals surface area contributed by atoms with Crippen LogP contribution >= 0.6 is 0 Å². The molecule has 0 aliphatic rings. The molecule has 0 saturated carbocycles. The number of rotatable bonds is 2. The minimum absolute atomic E-state index is 0.117. The van der Waals surface area contributed by atoms with Gasteiger partial charge in [0.1, 0.15) is 11.5 Å². The summed E-state index contributed by atoms with van der Waals surface area (Å²) in [6.45, 7) is 1.90. The molecule has 3 N–H and O–H groups in total. The molecule has 0 aliphatic carbocycles. The zero-order valence-electron chi connectivity index (χ0n) is 11.9. The number of nitrogens with zero attached hydrogens (tertiary/aromatic N) is 1. The van der Waals surface area contributed by atoms with Crippen LogP contribution in [0, 0.1) is 12.7 Å². The van der Waals surface area contributed by atoms with Crippen molar-refractivity contribution in [3.8, 4) is 0 Å². The normalized spacial score (nSPS) is 10.6. The maximum atomic E-state index is 13.6. The summed E-state index contributed by atoms with van der Waals surface area (Å²) in [7, 11) is 0. The summed E-state index contributed by atoms with van der Waals surface area (Å²) in [6.07, 6.45) is 1.52. The number of benzene rings is 2. The van der Waals surface area contributed by atoms with Crippen molar-refractivity contribution in [2.75, 3.05) is 11.1 Å². The summed E-state index contributed by atoms with van der Waals surface area (Å²) >= 11 is 0. The van der Waals surface area contributed by atoms with E-state index in [1.807, 2.05) is 13.0 Å². The number of pyridine rings is 1. The Labute approximate surface area is 126 Å². The second-order valence-electron chi connectivity index (χ2n) is 4.98. The highest BCUT2D eigenvalue weighted by Gasteiger charge is 2.15. The topological polar surface area (TPSA) is 68.0 Å². The number of nitrogen functional groups attached to an aromatic ring is 1. The highest BCUT2D eigenvalue weighted by Crippen LogP contribution is 2.26. The van der Waals surface area contributed by atoms with Gasteiger partial charge < -0.3 is 11.1 Å². The van der Waals surface area contributed by atoms with Gasteiger partial charge in [0.15, 0.2) is 0 Å². The average molecular weight is 295 g/mol. The number of anilines is 2. The van der Waals surface area contributed by atoms with E-state index in [-0.39, 0.29) is 11.4 Å². The number of carbonyl (C=O) groups is 1. The zero-order valence-corrected chi connectivity index (χ0v) is 11.9. The number of hydrogen-bond acceptors (Lipinski definition) is 3. The molecule has 1 aromatic heterocycles. The minimum Gasteiger partial charge on any atom is -0.398 e. The first-order chi connectivity index (χ1) is 10.6. The third-order valence-electron chi connectivity index (χ3n) is 3.54. The lowest BCUT2D eigenvalue weighted by Crippen LogP contribution is -2.15. The number of aryl methyl sites for hydroxylation is 1. The van der Waals surface area contributed by atoms with Crippen molar-refractivity contribution in [1.82, 2.24) is 4.98 Å². The molecule has 3 rings (SSSR count). The van der Waals surface area contributed by atoms with Crippen molar-refractivity contribution >= 4 is 28.1 Å². The first kappa shape index (κ1) is 14.0. The summed E-state index contributed by atoms with van der Waals surface area (Å²) in [5, 5.41) is 3.93. The summed E-state index contributed by atoms with van der Waals surface area (Å²) < 4.78 is 13.6. The molecule has 1 heterocycles. The second-order valence-corrected chi connectivity index (χ2v) is 4.98. The summed E-state index contributed by atoms with van der Waals surface area (Å²) in [5.74, 6) is -0.967. The molecule has 0 aliphatic heterocycles. The molecule has 1 amide bonds. The van der Waals surface area contributed by atoms with Gasteiger partial charge in [0.05, 0.1) is 5.69 Å². The standard InChI is InChI=1S/C17H14FN3O/c1-10-6-7-12-11(15(10)19)8-9-20-16(12)17(22)21-14-5-3-2-4-13(14)18/h2-9H,19H2,1H3,(H,21,22). The molecule has 3 aromatic rings. The molecule has 2 aromatic carbocycles. The number of amides is 1. The quantitative estimate of drug-likeness (QED) is 0.711. The third kappa shape index (κ3) is 2.37. The van der Waals surface area contributed by atoms with Crippen LogP contribution in [-0.2, 0) is 0 Å². The van der Waals surface area contributed by atoms with Crippen LogP contribution in [-0.4, -0.2) is 10.9 Å². The van der Waals surface area contributed by atoms with Gasteiger partial charge in [-0.25, -0.2) is 4.39 Å². The molecular weight excluding hydrogens is 281 g/mol. The predicted molar refractivity (Wildman–Crippen MR) is 85.2 cm³/mol. The van der Waals surface area contributed by atoms with E-state index >= 15 is 0 Å². The number of nitrogens with one attached hydrogen (secondary N) is 1. The van der Waals surface area contributed by atoms with E-state index in [1.165, 1.54) is 18.3 Å². The van der Waals surface area contributed by atoms with Gasteiger partial charge in [0.25, 0.3) is 5.91 Å². The fraction of sp³-hybridized carbons (Fsp3) is 0.0588. The monoisotopic (exact) mass is 295 g/mol. The summed E-state index contributed by atoms with van der Waals surface area (Å²) in [4.78, 5) is 16.5. The van der Waals surface area contributed by atoms with E-state index in [2.05, 4.69) is 10.3 Å². The summed E-state index contributed by atoms with van der Waals surface area (Å²) in [5.41, 5.74) is 7.92. The number of halogens is 1. The van der Waals surface area contributed by atoms with E-state index in [1.54, 1.807) is 24.3 Å². The van der Waals surface area contributed by atoms with Gasteiger partial charge >= 0.3 is 0 Å². The van der Waals surface area contributed by atoms with Gasteiger partial charge in [-0.15, -0.1) is 0 Å². The van der Waals surface area contributed by atoms with Gasteiger partial charge in [0, 0.05) is 22.7 Å². The van der Waals surface area contributed by atoms with Crippen molar-refractivity contribution in [3.05, 3.63) is 65.7 Å². The number of hydrogen-bond donors (Lipinski definition) is 2. The Balaban J connectivity index is 2.05. The average Bonchev–Trinajstić information content (AvgIpc) is 2.52. The highest BCUT2D eigenvalue weighted by atomic mass is 19.1. The van der Waals surface area contributed by atoms with Gasteiger partial charge in [-0.05, 0) is 30.7 Å². The van der Waals surface area contributed by atoms with E-state index in [0.717, 1.165) is 10.9 Å². The number of aromatic nitrogens is 1. The van der Waals surface area contributed by atoms with Crippen molar-refractivity contribution in [3.63, 3.8) is 0 Å². The van der Waals surface area contributed by atoms with Crippen LogP contribution in [0.5, 0.6) is 0 Å². The Kier molecular flexibility index (Phi) is 3.47. The van der Waals surface area contributed by atoms with Crippen LogP contribution < -0.4 is 11.1 Å². The molecule has 0 unspecified atom stereocenters. The highest BCUT2D eigenvalue weighted by molar-refractivity contribution is 6.13. The number of fused-ring (bicyclic) bond motifs is 1. The summed E-state index contributed by atoms with van der Waals surface area (Å²) in [6, 6.07) is 11.4. The van der Waals surface area contributed by atoms with Gasteiger partial charge in [-0.1, -0.05) is 24.3 Å². The molecular formula is C17H14FN3O. The third-order valence-corrected chi connectivity index (χ3v) is 3.54. The predicted octanol–water partition coefficient (Wildman–Crippen LogP) is 3.52. The van der Waals surface area contributed by atoms with Crippen molar-refractivity contribution in [2.24, 2.45) is 0 Å². The van der Waals surface area contributed by atoms with Crippen molar-refractivity contribution in [2.45, 2.75) is 6.92 Å². The largest absolute Gasteiger partial charge is 0.398 e. The van der Waals surface area contributed by atoms with Crippen LogP contribution in [0.3, 0.4) is 0 Å². The number of para-hydroxylation sites is 1. The van der Waals surface area contributed by atoms with E-state index in [0.29, 0.717) is 11.1 Å². The molecule has 0 spiro atoms. The van der Waals surface area contributed by atoms with Gasteiger partial charge in [-0.2, -0.15) is 0 Å². The Morgan fingerprint density at radius 3 is 2.68 bits per heavy atom. The van der Waals surface area contributed by atoms with E-state index < -0.39 is 11.7 Å². The molecule has 4 nitrogen and oxygen atoms in total. The molecule has 0 fully saturated rings. The van der Waals surface area contributed by atoms with Gasteiger partial charge in [0.2, 0.25) is 0 Å². The van der Waals surface area contributed by atoms with Crippen LogP contribution in [0.25, 0.3) is 10.8 Å². The lowest BCUT2D eigenvalue weighted by atomic mass is 10.0. The Hall–Kier alpha value is -2.95. The number of nitrogens with two attached hydrogens (primary N) is 1. The Morgan fingerprint density at radius 2 is 1.91 bits per heavy atom. The molecule has 0 bridgehead atoms. The van der Waals surface area contributed by atoms with E-state index in [9.17, 15) is 9.18 Å². The smallest absolute Gasteiger partial charge is 0.274 e. The molecule has 22 heavy (non-hydrogen) atoms.